The standard InChI is InChI=1S/C18H14ClFN4S/c1-9-5-10(2)24-18-14(9)15-16(25-18)17(23-8-22-15)21-7-11-3-4-13(20)12(19)6-11/h3-6,8H,7H2,1-2H3,(H,21,22,23). The van der Waals surface area contributed by atoms with E-state index in [9.17, 15) is 4.39 Å². The van der Waals surface area contributed by atoms with Crippen LogP contribution in [0.5, 0.6) is 0 Å². The van der Waals surface area contributed by atoms with Crippen LogP contribution in [0, 0.1) is 19.7 Å². The van der Waals surface area contributed by atoms with Crippen molar-refractivity contribution in [3.8, 4) is 0 Å². The van der Waals surface area contributed by atoms with Gasteiger partial charge in [0.05, 0.1) is 15.2 Å². The number of hydrogen-bond donors (Lipinski definition) is 1. The van der Waals surface area contributed by atoms with Crippen LogP contribution in [-0.4, -0.2) is 15.0 Å². The molecule has 1 N–H and O–H groups in total. The van der Waals surface area contributed by atoms with Gasteiger partial charge in [-0.25, -0.2) is 19.3 Å². The van der Waals surface area contributed by atoms with Gasteiger partial charge in [0.1, 0.15) is 22.8 Å². The lowest BCUT2D eigenvalue weighted by molar-refractivity contribution is 0.627. The van der Waals surface area contributed by atoms with E-state index >= 15 is 0 Å². The van der Waals surface area contributed by atoms with Crippen LogP contribution >= 0.6 is 22.9 Å². The highest BCUT2D eigenvalue weighted by atomic mass is 35.5. The van der Waals surface area contributed by atoms with Gasteiger partial charge in [0.15, 0.2) is 0 Å². The smallest absolute Gasteiger partial charge is 0.147 e. The number of anilines is 1. The summed E-state index contributed by atoms with van der Waals surface area (Å²) in [6.45, 7) is 4.55. The third kappa shape index (κ3) is 2.92. The number of nitrogens with zero attached hydrogens (tertiary/aromatic N) is 3. The normalized spacial score (nSPS) is 11.4. The lowest BCUT2D eigenvalue weighted by Crippen LogP contribution is -2.02. The average molecular weight is 373 g/mol. The van der Waals surface area contributed by atoms with Crippen LogP contribution in [0.4, 0.5) is 10.2 Å². The van der Waals surface area contributed by atoms with E-state index in [1.165, 1.54) is 6.07 Å². The third-order valence-electron chi connectivity index (χ3n) is 3.99. The molecular weight excluding hydrogens is 359 g/mol. The Morgan fingerprint density at radius 3 is 2.84 bits per heavy atom. The predicted octanol–water partition coefficient (Wildman–Crippen LogP) is 5.26. The van der Waals surface area contributed by atoms with Crippen molar-refractivity contribution in [3.05, 3.63) is 58.3 Å². The molecule has 4 rings (SSSR count). The molecule has 0 spiro atoms. The monoisotopic (exact) mass is 372 g/mol. The van der Waals surface area contributed by atoms with Crippen molar-refractivity contribution in [2.24, 2.45) is 0 Å². The molecule has 0 saturated carbocycles. The van der Waals surface area contributed by atoms with Gasteiger partial charge < -0.3 is 5.32 Å². The Bertz CT molecular complexity index is 1110. The third-order valence-corrected chi connectivity index (χ3v) is 5.36. The second-order valence-electron chi connectivity index (χ2n) is 5.86. The van der Waals surface area contributed by atoms with Crippen LogP contribution in [0.2, 0.25) is 5.02 Å². The van der Waals surface area contributed by atoms with Crippen molar-refractivity contribution in [3.63, 3.8) is 0 Å². The van der Waals surface area contributed by atoms with E-state index in [0.717, 1.165) is 43.1 Å². The number of benzene rings is 1. The number of nitrogens with one attached hydrogen (secondary N) is 1. The summed E-state index contributed by atoms with van der Waals surface area (Å²) in [5.74, 6) is 0.321. The Hall–Kier alpha value is -2.31. The van der Waals surface area contributed by atoms with Crippen molar-refractivity contribution in [1.29, 1.82) is 0 Å². The molecular formula is C18H14ClFN4S. The molecule has 4 aromatic rings. The topological polar surface area (TPSA) is 50.7 Å². The molecule has 0 saturated heterocycles. The molecule has 0 amide bonds. The molecule has 0 aliphatic rings. The van der Waals surface area contributed by atoms with Crippen LogP contribution < -0.4 is 5.32 Å². The lowest BCUT2D eigenvalue weighted by Gasteiger charge is -2.07. The second-order valence-corrected chi connectivity index (χ2v) is 7.27. The summed E-state index contributed by atoms with van der Waals surface area (Å²) in [5.41, 5.74) is 3.92. The Kier molecular flexibility index (Phi) is 4.01. The maximum atomic E-state index is 13.3. The zero-order valence-corrected chi connectivity index (χ0v) is 15.2. The van der Waals surface area contributed by atoms with Crippen molar-refractivity contribution in [2.45, 2.75) is 20.4 Å². The first-order valence-electron chi connectivity index (χ1n) is 7.72. The summed E-state index contributed by atoms with van der Waals surface area (Å²) in [4.78, 5) is 14.4. The van der Waals surface area contributed by atoms with E-state index in [-0.39, 0.29) is 5.02 Å². The number of thiophene rings is 1. The Morgan fingerprint density at radius 2 is 2.04 bits per heavy atom. The van der Waals surface area contributed by atoms with Gasteiger partial charge in [-0.05, 0) is 43.2 Å². The zero-order chi connectivity index (χ0) is 17.6. The van der Waals surface area contributed by atoms with Crippen molar-refractivity contribution >= 4 is 49.2 Å². The molecule has 0 bridgehead atoms. The minimum Gasteiger partial charge on any atom is -0.365 e. The minimum atomic E-state index is -0.420. The first-order valence-corrected chi connectivity index (χ1v) is 8.91. The van der Waals surface area contributed by atoms with E-state index in [1.807, 2.05) is 6.92 Å². The molecule has 3 aromatic heterocycles. The molecule has 4 nitrogen and oxygen atoms in total. The quantitative estimate of drug-likeness (QED) is 0.533. The first-order chi connectivity index (χ1) is 12.0. The molecule has 0 aliphatic heterocycles. The molecule has 3 heterocycles. The molecule has 126 valence electrons. The Labute approximate surface area is 152 Å². The van der Waals surface area contributed by atoms with Gasteiger partial charge in [0.2, 0.25) is 0 Å². The van der Waals surface area contributed by atoms with Crippen molar-refractivity contribution in [2.75, 3.05) is 5.32 Å². The van der Waals surface area contributed by atoms with Crippen LogP contribution in [-0.2, 0) is 6.54 Å². The number of fused-ring (bicyclic) bond motifs is 3. The summed E-state index contributed by atoms with van der Waals surface area (Å²) in [7, 11) is 0. The van der Waals surface area contributed by atoms with Crippen LogP contribution in [0.25, 0.3) is 20.4 Å². The maximum absolute atomic E-state index is 13.3. The van der Waals surface area contributed by atoms with Gasteiger partial charge in [0, 0.05) is 17.6 Å². The van der Waals surface area contributed by atoms with Gasteiger partial charge in [-0.1, -0.05) is 17.7 Å². The molecule has 0 atom stereocenters. The fourth-order valence-corrected chi connectivity index (χ4v) is 4.29. The predicted molar refractivity (Wildman–Crippen MR) is 101 cm³/mol. The van der Waals surface area contributed by atoms with E-state index in [1.54, 1.807) is 29.8 Å². The average Bonchev–Trinajstić information content (AvgIpc) is 2.94. The Balaban J connectivity index is 1.74. The highest BCUT2D eigenvalue weighted by molar-refractivity contribution is 7.26. The van der Waals surface area contributed by atoms with Gasteiger partial charge >= 0.3 is 0 Å². The summed E-state index contributed by atoms with van der Waals surface area (Å²) >= 11 is 7.41. The Morgan fingerprint density at radius 1 is 1.20 bits per heavy atom. The molecule has 1 aromatic carbocycles. The first kappa shape index (κ1) is 16.2. The van der Waals surface area contributed by atoms with Gasteiger partial charge in [0.25, 0.3) is 0 Å². The minimum absolute atomic E-state index is 0.115. The van der Waals surface area contributed by atoms with E-state index in [0.29, 0.717) is 6.54 Å². The number of pyridine rings is 1. The summed E-state index contributed by atoms with van der Waals surface area (Å²) < 4.78 is 14.2. The fraction of sp³-hybridized carbons (Fsp3) is 0.167. The van der Waals surface area contributed by atoms with E-state index < -0.39 is 5.82 Å². The summed E-state index contributed by atoms with van der Waals surface area (Å²) in [5, 5.41) is 4.48. The van der Waals surface area contributed by atoms with Crippen LogP contribution in [0.1, 0.15) is 16.8 Å². The van der Waals surface area contributed by atoms with Gasteiger partial charge in [-0.15, -0.1) is 11.3 Å². The molecule has 0 radical (unpaired) electrons. The number of rotatable bonds is 3. The van der Waals surface area contributed by atoms with E-state index in [2.05, 4.69) is 33.3 Å². The molecule has 0 aliphatic carbocycles. The number of hydrogen-bond acceptors (Lipinski definition) is 5. The zero-order valence-electron chi connectivity index (χ0n) is 13.6. The molecule has 0 fully saturated rings. The number of aromatic nitrogens is 3. The maximum Gasteiger partial charge on any atom is 0.147 e. The van der Waals surface area contributed by atoms with Crippen LogP contribution in [0.15, 0.2) is 30.6 Å². The fourth-order valence-electron chi connectivity index (χ4n) is 2.87. The highest BCUT2D eigenvalue weighted by Crippen LogP contribution is 2.36. The highest BCUT2D eigenvalue weighted by Gasteiger charge is 2.14. The molecule has 7 heteroatoms. The SMILES string of the molecule is Cc1cc(C)c2c(n1)sc1c(NCc3ccc(F)c(Cl)c3)ncnc12. The van der Waals surface area contributed by atoms with E-state index in [4.69, 9.17) is 11.6 Å². The van der Waals surface area contributed by atoms with Crippen LogP contribution in [0.3, 0.4) is 0 Å². The van der Waals surface area contributed by atoms with Gasteiger partial charge in [-0.3, -0.25) is 0 Å². The van der Waals surface area contributed by atoms with Gasteiger partial charge in [-0.2, -0.15) is 0 Å². The van der Waals surface area contributed by atoms with Crippen molar-refractivity contribution < 1.29 is 4.39 Å². The summed E-state index contributed by atoms with van der Waals surface area (Å²) in [6.07, 6.45) is 1.55. The number of aryl methyl sites for hydroxylation is 2. The number of halogens is 2. The molecule has 25 heavy (non-hydrogen) atoms. The largest absolute Gasteiger partial charge is 0.365 e. The second kappa shape index (κ2) is 6.20. The molecule has 0 unspecified atom stereocenters. The van der Waals surface area contributed by atoms with Crippen molar-refractivity contribution in [1.82, 2.24) is 15.0 Å². The lowest BCUT2D eigenvalue weighted by atomic mass is 10.1. The summed E-state index contributed by atoms with van der Waals surface area (Å²) in [6, 6.07) is 6.74.